The second-order valence-corrected chi connectivity index (χ2v) is 7.62. The lowest BCUT2D eigenvalue weighted by molar-refractivity contribution is -0.135. The Morgan fingerprint density at radius 2 is 2.00 bits per heavy atom. The molecule has 0 bridgehead atoms. The van der Waals surface area contributed by atoms with Gasteiger partial charge in [-0.15, -0.1) is 0 Å². The van der Waals surface area contributed by atoms with Crippen molar-refractivity contribution in [1.29, 1.82) is 0 Å². The van der Waals surface area contributed by atoms with Crippen LogP contribution in [0.1, 0.15) is 30.0 Å². The Kier molecular flexibility index (Phi) is 4.19. The Hall–Kier alpha value is -3.41. The molecular formula is C23H23N5O. The zero-order valence-corrected chi connectivity index (χ0v) is 16.6. The highest BCUT2D eigenvalue weighted by atomic mass is 16.2. The van der Waals surface area contributed by atoms with E-state index < -0.39 is 0 Å². The Bertz CT molecular complexity index is 1200. The third kappa shape index (κ3) is 2.92. The molecule has 146 valence electrons. The van der Waals surface area contributed by atoms with Crippen LogP contribution in [-0.4, -0.2) is 37.1 Å². The molecule has 0 saturated carbocycles. The number of benzene rings is 2. The molecule has 1 N–H and O–H groups in total. The van der Waals surface area contributed by atoms with Gasteiger partial charge in [-0.25, -0.2) is 4.98 Å². The van der Waals surface area contributed by atoms with Crippen LogP contribution in [0.3, 0.4) is 0 Å². The Morgan fingerprint density at radius 3 is 2.83 bits per heavy atom. The summed E-state index contributed by atoms with van der Waals surface area (Å²) in [6.45, 7) is 5.13. The highest BCUT2D eigenvalue weighted by Crippen LogP contribution is 2.33. The fourth-order valence-electron chi connectivity index (χ4n) is 4.32. The van der Waals surface area contributed by atoms with E-state index in [2.05, 4.69) is 51.6 Å². The number of amides is 1. The molecule has 2 aromatic heterocycles. The van der Waals surface area contributed by atoms with Crippen LogP contribution in [0.15, 0.2) is 54.9 Å². The lowest BCUT2D eigenvalue weighted by Gasteiger charge is -2.30. The molecule has 6 nitrogen and oxygen atoms in total. The van der Waals surface area contributed by atoms with Gasteiger partial charge in [-0.05, 0) is 24.6 Å². The Morgan fingerprint density at radius 1 is 1.17 bits per heavy atom. The maximum absolute atomic E-state index is 13.2. The second-order valence-electron chi connectivity index (χ2n) is 7.62. The van der Waals surface area contributed by atoms with Crippen LogP contribution < -0.4 is 0 Å². The summed E-state index contributed by atoms with van der Waals surface area (Å²) in [5.74, 6) is 0.963. The summed E-state index contributed by atoms with van der Waals surface area (Å²) in [7, 11) is 0. The molecule has 5 rings (SSSR count). The standard InChI is InChI=1S/C23H23N5O/c1-15(28-13-11-24-16(28)2)23(29)27-12-10-21-20(14-27)22(26-25-21)19-9-5-7-17-6-3-4-8-18(17)19/h3-9,11,13,15H,10,12,14H2,1-2H3,(H,25,26)/t15-/m0/s1. The fraction of sp³-hybridized carbons (Fsp3) is 0.261. The van der Waals surface area contributed by atoms with Crippen LogP contribution in [0.5, 0.6) is 0 Å². The molecule has 0 spiro atoms. The molecule has 1 amide bonds. The van der Waals surface area contributed by atoms with E-state index >= 15 is 0 Å². The van der Waals surface area contributed by atoms with Gasteiger partial charge in [-0.1, -0.05) is 42.5 Å². The molecule has 0 aliphatic carbocycles. The molecule has 0 unspecified atom stereocenters. The van der Waals surface area contributed by atoms with E-state index in [0.717, 1.165) is 34.8 Å². The molecule has 3 heterocycles. The van der Waals surface area contributed by atoms with E-state index in [-0.39, 0.29) is 11.9 Å². The van der Waals surface area contributed by atoms with E-state index in [9.17, 15) is 4.79 Å². The minimum atomic E-state index is -0.271. The lowest BCUT2D eigenvalue weighted by Crippen LogP contribution is -2.39. The lowest BCUT2D eigenvalue weighted by atomic mass is 9.96. The summed E-state index contributed by atoms with van der Waals surface area (Å²) in [5, 5.41) is 10.2. The number of aryl methyl sites for hydroxylation is 1. The maximum Gasteiger partial charge on any atom is 0.245 e. The normalized spacial score (nSPS) is 14.8. The molecule has 0 radical (unpaired) electrons. The minimum Gasteiger partial charge on any atom is -0.336 e. The second kappa shape index (κ2) is 6.88. The minimum absolute atomic E-state index is 0.113. The summed E-state index contributed by atoms with van der Waals surface area (Å²) in [5.41, 5.74) is 4.30. The first-order chi connectivity index (χ1) is 14.1. The number of nitrogens with one attached hydrogen (secondary N) is 1. The van der Waals surface area contributed by atoms with Gasteiger partial charge >= 0.3 is 0 Å². The molecule has 6 heteroatoms. The molecule has 2 aromatic carbocycles. The quantitative estimate of drug-likeness (QED) is 0.582. The van der Waals surface area contributed by atoms with Crippen molar-refractivity contribution in [2.45, 2.75) is 32.9 Å². The van der Waals surface area contributed by atoms with Gasteiger partial charge in [0.05, 0.1) is 5.69 Å². The van der Waals surface area contributed by atoms with Gasteiger partial charge in [0.25, 0.3) is 0 Å². The van der Waals surface area contributed by atoms with Crippen molar-refractivity contribution >= 4 is 16.7 Å². The van der Waals surface area contributed by atoms with Crippen molar-refractivity contribution in [2.24, 2.45) is 0 Å². The van der Waals surface area contributed by atoms with E-state index in [0.29, 0.717) is 13.1 Å². The zero-order chi connectivity index (χ0) is 20.0. The first-order valence-electron chi connectivity index (χ1n) is 9.96. The summed E-state index contributed by atoms with van der Waals surface area (Å²) in [6, 6.07) is 14.4. The maximum atomic E-state index is 13.2. The number of rotatable bonds is 3. The van der Waals surface area contributed by atoms with Gasteiger partial charge < -0.3 is 9.47 Å². The summed E-state index contributed by atoms with van der Waals surface area (Å²) >= 11 is 0. The molecule has 1 aliphatic rings. The van der Waals surface area contributed by atoms with Crippen LogP contribution in [0.25, 0.3) is 22.0 Å². The van der Waals surface area contributed by atoms with Crippen molar-refractivity contribution in [2.75, 3.05) is 6.54 Å². The van der Waals surface area contributed by atoms with Crippen LogP contribution in [0.4, 0.5) is 0 Å². The average molecular weight is 385 g/mol. The van der Waals surface area contributed by atoms with Crippen molar-refractivity contribution in [3.05, 3.63) is 71.9 Å². The summed E-state index contributed by atoms with van der Waals surface area (Å²) < 4.78 is 1.93. The highest BCUT2D eigenvalue weighted by molar-refractivity contribution is 5.96. The van der Waals surface area contributed by atoms with Crippen LogP contribution in [-0.2, 0) is 17.8 Å². The molecule has 29 heavy (non-hydrogen) atoms. The molecule has 4 aromatic rings. The van der Waals surface area contributed by atoms with Crippen LogP contribution in [0, 0.1) is 6.92 Å². The van der Waals surface area contributed by atoms with E-state index in [1.54, 1.807) is 6.20 Å². The number of aromatic amines is 1. The Balaban J connectivity index is 1.49. The van der Waals surface area contributed by atoms with Gasteiger partial charge in [-0.3, -0.25) is 9.89 Å². The van der Waals surface area contributed by atoms with Crippen molar-refractivity contribution < 1.29 is 4.79 Å². The number of carbonyl (C=O) groups excluding carboxylic acids is 1. The van der Waals surface area contributed by atoms with E-state index in [4.69, 9.17) is 0 Å². The number of hydrogen-bond donors (Lipinski definition) is 1. The number of imidazole rings is 1. The van der Waals surface area contributed by atoms with Crippen molar-refractivity contribution in [3.63, 3.8) is 0 Å². The van der Waals surface area contributed by atoms with E-state index in [1.807, 2.05) is 35.6 Å². The van der Waals surface area contributed by atoms with Crippen LogP contribution >= 0.6 is 0 Å². The van der Waals surface area contributed by atoms with Gasteiger partial charge in [0.2, 0.25) is 5.91 Å². The van der Waals surface area contributed by atoms with E-state index in [1.165, 1.54) is 10.8 Å². The third-order valence-corrected chi connectivity index (χ3v) is 5.93. The molecule has 0 fully saturated rings. The molecule has 1 aliphatic heterocycles. The molecule has 0 saturated heterocycles. The number of hydrogen-bond acceptors (Lipinski definition) is 3. The summed E-state index contributed by atoms with van der Waals surface area (Å²) in [4.78, 5) is 19.4. The van der Waals surface area contributed by atoms with Gasteiger partial charge in [0, 0.05) is 48.7 Å². The number of carbonyl (C=O) groups is 1. The molecule has 1 atom stereocenters. The fourth-order valence-corrected chi connectivity index (χ4v) is 4.32. The predicted octanol–water partition coefficient (Wildman–Crippen LogP) is 3.88. The number of aromatic nitrogens is 4. The van der Waals surface area contributed by atoms with Crippen molar-refractivity contribution in [3.8, 4) is 11.3 Å². The highest BCUT2D eigenvalue weighted by Gasteiger charge is 2.29. The first kappa shape index (κ1) is 17.7. The summed E-state index contributed by atoms with van der Waals surface area (Å²) in [6.07, 6.45) is 4.39. The smallest absolute Gasteiger partial charge is 0.245 e. The van der Waals surface area contributed by atoms with Gasteiger partial charge in [0.1, 0.15) is 11.9 Å². The third-order valence-electron chi connectivity index (χ3n) is 5.93. The largest absolute Gasteiger partial charge is 0.336 e. The monoisotopic (exact) mass is 385 g/mol. The molecular weight excluding hydrogens is 362 g/mol. The SMILES string of the molecule is Cc1nccn1[C@@H](C)C(=O)N1CCc2[nH]nc(-c3cccc4ccccc34)c2C1. The topological polar surface area (TPSA) is 66.8 Å². The predicted molar refractivity (Wildman–Crippen MR) is 112 cm³/mol. The average Bonchev–Trinajstić information content (AvgIpc) is 3.38. The van der Waals surface area contributed by atoms with Crippen molar-refractivity contribution in [1.82, 2.24) is 24.6 Å². The Labute approximate surface area is 169 Å². The van der Waals surface area contributed by atoms with Gasteiger partial charge in [0.15, 0.2) is 0 Å². The zero-order valence-electron chi connectivity index (χ0n) is 16.6. The van der Waals surface area contributed by atoms with Crippen LogP contribution in [0.2, 0.25) is 0 Å². The number of fused-ring (bicyclic) bond motifs is 2. The first-order valence-corrected chi connectivity index (χ1v) is 9.96. The number of H-pyrrole nitrogens is 1. The van der Waals surface area contributed by atoms with Gasteiger partial charge in [-0.2, -0.15) is 5.10 Å². The number of nitrogens with zero attached hydrogens (tertiary/aromatic N) is 4.